The average molecular weight is 354 g/mol. The molecule has 7 heteroatoms. The van der Waals surface area contributed by atoms with Crippen LogP contribution in [-0.4, -0.2) is 25.3 Å². The normalized spacial score (nSPS) is 11.1. The van der Waals surface area contributed by atoms with Crippen LogP contribution in [0.25, 0.3) is 27.5 Å². The maximum atomic E-state index is 12.5. The van der Waals surface area contributed by atoms with Gasteiger partial charge in [-0.1, -0.05) is 24.3 Å². The van der Waals surface area contributed by atoms with Crippen LogP contribution in [0.3, 0.4) is 0 Å². The van der Waals surface area contributed by atoms with Gasteiger partial charge in [0.1, 0.15) is 5.69 Å². The molecule has 5 rings (SSSR count). The van der Waals surface area contributed by atoms with E-state index in [2.05, 4.69) is 25.8 Å². The maximum Gasteiger partial charge on any atom is 0.289 e. The zero-order chi connectivity index (χ0) is 18.2. The number of benzene rings is 2. The monoisotopic (exact) mass is 354 g/mol. The quantitative estimate of drug-likeness (QED) is 0.486. The minimum absolute atomic E-state index is 0.239. The van der Waals surface area contributed by atoms with E-state index >= 15 is 0 Å². The van der Waals surface area contributed by atoms with Gasteiger partial charge < -0.3 is 4.40 Å². The lowest BCUT2D eigenvalue weighted by molar-refractivity contribution is 0.0958. The Morgan fingerprint density at radius 1 is 0.926 bits per heavy atom. The fraction of sp³-hybridized carbons (Fsp3) is 0. The largest absolute Gasteiger partial charge is 0.307 e. The van der Waals surface area contributed by atoms with E-state index in [1.807, 2.05) is 65.2 Å². The number of rotatable bonds is 3. The number of nitrogens with zero attached hydrogens (tertiary/aromatic N) is 4. The lowest BCUT2D eigenvalue weighted by Crippen LogP contribution is -2.30. The number of aromatic nitrogens is 4. The van der Waals surface area contributed by atoms with Crippen molar-refractivity contribution in [2.45, 2.75) is 0 Å². The molecule has 5 aromatic rings. The molecule has 0 saturated carbocycles. The minimum atomic E-state index is -0.367. The van der Waals surface area contributed by atoms with E-state index in [9.17, 15) is 4.79 Å². The number of fused-ring (bicyclic) bond motifs is 4. The summed E-state index contributed by atoms with van der Waals surface area (Å²) >= 11 is 0. The molecule has 130 valence electrons. The van der Waals surface area contributed by atoms with Gasteiger partial charge in [-0.05, 0) is 30.3 Å². The molecule has 0 spiro atoms. The molecule has 0 atom stereocenters. The summed E-state index contributed by atoms with van der Waals surface area (Å²) in [4.78, 5) is 25.6. The molecule has 0 unspecified atom stereocenters. The summed E-state index contributed by atoms with van der Waals surface area (Å²) in [5.74, 6) is -0.367. The molecule has 0 aliphatic carbocycles. The molecule has 3 aromatic heterocycles. The number of hydrogen-bond donors (Lipinski definition) is 2. The van der Waals surface area contributed by atoms with Crippen molar-refractivity contribution in [3.63, 3.8) is 0 Å². The molecule has 27 heavy (non-hydrogen) atoms. The first kappa shape index (κ1) is 15.3. The zero-order valence-corrected chi connectivity index (χ0v) is 14.1. The molecule has 0 aliphatic rings. The summed E-state index contributed by atoms with van der Waals surface area (Å²) in [7, 11) is 0. The fourth-order valence-electron chi connectivity index (χ4n) is 3.09. The van der Waals surface area contributed by atoms with Crippen molar-refractivity contribution in [2.24, 2.45) is 0 Å². The van der Waals surface area contributed by atoms with E-state index in [-0.39, 0.29) is 11.6 Å². The first-order chi connectivity index (χ1) is 13.3. The highest BCUT2D eigenvalue weighted by molar-refractivity contribution is 6.01. The van der Waals surface area contributed by atoms with Crippen molar-refractivity contribution in [3.05, 3.63) is 79.0 Å². The van der Waals surface area contributed by atoms with Crippen molar-refractivity contribution in [2.75, 3.05) is 5.43 Å². The first-order valence-electron chi connectivity index (χ1n) is 8.42. The molecule has 0 aliphatic heterocycles. The molecule has 0 bridgehead atoms. The maximum absolute atomic E-state index is 12.5. The van der Waals surface area contributed by atoms with Gasteiger partial charge in [-0.15, -0.1) is 0 Å². The Balaban J connectivity index is 1.44. The van der Waals surface area contributed by atoms with Crippen molar-refractivity contribution >= 4 is 39.0 Å². The Morgan fingerprint density at radius 3 is 2.74 bits per heavy atom. The van der Waals surface area contributed by atoms with E-state index in [0.29, 0.717) is 11.2 Å². The number of carbonyl (C=O) groups is 1. The molecule has 3 heterocycles. The molecule has 0 radical (unpaired) electrons. The molecule has 1 amide bonds. The van der Waals surface area contributed by atoms with Crippen LogP contribution in [-0.2, 0) is 0 Å². The molecule has 2 N–H and O–H groups in total. The Kier molecular flexibility index (Phi) is 3.43. The number of para-hydroxylation sites is 3. The summed E-state index contributed by atoms with van der Waals surface area (Å²) < 4.78 is 1.95. The van der Waals surface area contributed by atoms with Crippen LogP contribution >= 0.6 is 0 Å². The number of carbonyl (C=O) groups excluding carboxylic acids is 1. The smallest absolute Gasteiger partial charge is 0.289 e. The van der Waals surface area contributed by atoms with Crippen LogP contribution in [0, 0.1) is 0 Å². The summed E-state index contributed by atoms with van der Waals surface area (Å²) in [5.41, 5.74) is 9.82. The third-order valence-electron chi connectivity index (χ3n) is 4.39. The van der Waals surface area contributed by atoms with Crippen LogP contribution in [0.15, 0.2) is 73.3 Å². The summed E-state index contributed by atoms with van der Waals surface area (Å²) in [6.45, 7) is 0. The average Bonchev–Trinajstić information content (AvgIpc) is 3.21. The van der Waals surface area contributed by atoms with E-state index < -0.39 is 0 Å². The molecule has 0 saturated heterocycles. The third-order valence-corrected chi connectivity index (χ3v) is 4.39. The SMILES string of the molecule is O=C(NNc1cccc2c1ncn1cccc21)c1cnc2ccccc2n1. The number of hydrogen-bond acceptors (Lipinski definition) is 5. The topological polar surface area (TPSA) is 84.2 Å². The summed E-state index contributed by atoms with van der Waals surface area (Å²) in [6, 6.07) is 17.2. The Labute approximate surface area is 153 Å². The van der Waals surface area contributed by atoms with E-state index in [4.69, 9.17) is 0 Å². The Bertz CT molecular complexity index is 1310. The molecular weight excluding hydrogens is 340 g/mol. The highest BCUT2D eigenvalue weighted by Crippen LogP contribution is 2.24. The minimum Gasteiger partial charge on any atom is -0.307 e. The summed E-state index contributed by atoms with van der Waals surface area (Å²) in [5, 5.41) is 0.993. The van der Waals surface area contributed by atoms with Gasteiger partial charge in [0.25, 0.3) is 5.91 Å². The highest BCUT2D eigenvalue weighted by Gasteiger charge is 2.11. The number of nitrogens with one attached hydrogen (secondary N) is 2. The fourth-order valence-corrected chi connectivity index (χ4v) is 3.09. The van der Waals surface area contributed by atoms with Crippen LogP contribution in [0.5, 0.6) is 0 Å². The zero-order valence-electron chi connectivity index (χ0n) is 14.1. The van der Waals surface area contributed by atoms with Gasteiger partial charge in [-0.3, -0.25) is 20.6 Å². The van der Waals surface area contributed by atoms with E-state index in [1.165, 1.54) is 6.20 Å². The van der Waals surface area contributed by atoms with Gasteiger partial charge in [0.15, 0.2) is 0 Å². The van der Waals surface area contributed by atoms with Gasteiger partial charge in [0.05, 0.1) is 40.3 Å². The van der Waals surface area contributed by atoms with Crippen LogP contribution in [0.4, 0.5) is 5.69 Å². The second-order valence-electron chi connectivity index (χ2n) is 6.07. The van der Waals surface area contributed by atoms with Crippen molar-refractivity contribution in [3.8, 4) is 0 Å². The third kappa shape index (κ3) is 2.62. The van der Waals surface area contributed by atoms with Gasteiger partial charge in [-0.2, -0.15) is 0 Å². The van der Waals surface area contributed by atoms with Gasteiger partial charge in [0.2, 0.25) is 0 Å². The van der Waals surface area contributed by atoms with E-state index in [1.54, 1.807) is 6.33 Å². The lowest BCUT2D eigenvalue weighted by atomic mass is 10.2. The molecular formula is C20H14N6O. The number of anilines is 1. The molecule has 0 fully saturated rings. The lowest BCUT2D eigenvalue weighted by Gasteiger charge is -2.11. The Morgan fingerprint density at radius 2 is 1.81 bits per heavy atom. The van der Waals surface area contributed by atoms with Crippen LogP contribution in [0.2, 0.25) is 0 Å². The molecule has 2 aromatic carbocycles. The molecule has 7 nitrogen and oxygen atoms in total. The van der Waals surface area contributed by atoms with Crippen molar-refractivity contribution in [1.82, 2.24) is 24.8 Å². The summed E-state index contributed by atoms with van der Waals surface area (Å²) in [6.07, 6.45) is 5.16. The van der Waals surface area contributed by atoms with Crippen LogP contribution in [0.1, 0.15) is 10.5 Å². The first-order valence-corrected chi connectivity index (χ1v) is 8.42. The van der Waals surface area contributed by atoms with Gasteiger partial charge in [0, 0.05) is 11.6 Å². The van der Waals surface area contributed by atoms with Gasteiger partial charge >= 0.3 is 0 Å². The second-order valence-corrected chi connectivity index (χ2v) is 6.07. The number of amides is 1. The van der Waals surface area contributed by atoms with Crippen molar-refractivity contribution in [1.29, 1.82) is 0 Å². The number of hydrazine groups is 1. The second kappa shape index (κ2) is 6.06. The predicted molar refractivity (Wildman–Crippen MR) is 103 cm³/mol. The van der Waals surface area contributed by atoms with Crippen molar-refractivity contribution < 1.29 is 4.79 Å². The predicted octanol–water partition coefficient (Wildman–Crippen LogP) is 3.19. The Hall–Kier alpha value is -4.00. The van der Waals surface area contributed by atoms with Crippen LogP contribution < -0.4 is 10.9 Å². The highest BCUT2D eigenvalue weighted by atomic mass is 16.2. The standard InChI is InChI=1S/C20H14N6O/c27-20(17-11-21-14-6-1-2-7-15(14)23-17)25-24-16-8-3-5-13-18-9-4-10-26(18)12-22-19(13)16/h1-12,24H,(H,25,27). The van der Waals surface area contributed by atoms with Gasteiger partial charge in [-0.25, -0.2) is 9.97 Å². The van der Waals surface area contributed by atoms with E-state index in [0.717, 1.165) is 21.9 Å².